The second kappa shape index (κ2) is 7.33. The molecule has 11 heteroatoms. The Morgan fingerprint density at radius 2 is 1.43 bits per heavy atom. The van der Waals surface area contributed by atoms with Crippen molar-refractivity contribution in [2.24, 2.45) is 0 Å². The predicted octanol–water partition coefficient (Wildman–Crippen LogP) is 3.60. The van der Waals surface area contributed by atoms with E-state index in [9.17, 15) is 30.0 Å². The summed E-state index contributed by atoms with van der Waals surface area (Å²) in [5.41, 5.74) is -0.962. The second-order valence-electron chi connectivity index (χ2n) is 6.29. The van der Waals surface area contributed by atoms with E-state index in [0.29, 0.717) is 17.2 Å². The Balaban J connectivity index is 1.81. The lowest BCUT2D eigenvalue weighted by Gasteiger charge is -2.17. The number of nitrogens with zero attached hydrogens (tertiary/aromatic N) is 1. The fourth-order valence-electron chi connectivity index (χ4n) is 2.95. The summed E-state index contributed by atoms with van der Waals surface area (Å²) in [7, 11) is -7.87. The van der Waals surface area contributed by atoms with Crippen LogP contribution in [0.25, 0.3) is 0 Å². The van der Waals surface area contributed by atoms with Crippen molar-refractivity contribution in [2.45, 2.75) is 27.6 Å². The predicted molar refractivity (Wildman–Crippen MR) is 97.2 cm³/mol. The van der Waals surface area contributed by atoms with E-state index < -0.39 is 36.9 Å². The van der Waals surface area contributed by atoms with Gasteiger partial charge in [0.05, 0.1) is 20.6 Å². The molecule has 152 valence electrons. The monoisotopic (exact) mass is 453 g/mol. The van der Waals surface area contributed by atoms with Gasteiger partial charge in [-0.25, -0.2) is 16.8 Å². The van der Waals surface area contributed by atoms with Crippen LogP contribution in [0.3, 0.4) is 0 Å². The van der Waals surface area contributed by atoms with Gasteiger partial charge in [-0.3, -0.25) is 0 Å². The maximum atomic E-state index is 12.7. The Labute approximate surface area is 165 Å². The molecule has 1 fully saturated rings. The first-order valence-corrected chi connectivity index (χ1v) is 11.5. The quantitative estimate of drug-likeness (QED) is 0.709. The Morgan fingerprint density at radius 1 is 0.893 bits per heavy atom. The minimum absolute atomic E-state index is 0.0377. The van der Waals surface area contributed by atoms with Crippen molar-refractivity contribution in [2.75, 3.05) is 13.1 Å². The van der Waals surface area contributed by atoms with E-state index in [1.165, 1.54) is 24.3 Å². The summed E-state index contributed by atoms with van der Waals surface area (Å²) in [6, 6.07) is 8.68. The second-order valence-corrected chi connectivity index (χ2v) is 10.9. The number of sulfonamides is 1. The Hall–Kier alpha value is -1.62. The molecule has 1 saturated heterocycles. The first-order valence-electron chi connectivity index (χ1n) is 8.09. The summed E-state index contributed by atoms with van der Waals surface area (Å²) in [5.74, 6) is 0. The van der Waals surface area contributed by atoms with E-state index >= 15 is 0 Å². The number of hydrogen-bond acceptors (Lipinski definition) is 4. The molecule has 0 N–H and O–H groups in total. The standard InChI is InChI=1S/C17H15ClF3NO4S2/c18-13-3-7-14(8-4-13)27(23,24)16-9-10-22(11-16)28(25,26)15-5-1-12(2-6-15)17(19,20)21/h1-8,16H,9-11H2. The van der Waals surface area contributed by atoms with E-state index in [-0.39, 0.29) is 29.3 Å². The van der Waals surface area contributed by atoms with Gasteiger partial charge in [0.1, 0.15) is 0 Å². The van der Waals surface area contributed by atoms with Gasteiger partial charge in [0.25, 0.3) is 0 Å². The van der Waals surface area contributed by atoms with Crippen molar-refractivity contribution in [1.29, 1.82) is 0 Å². The fourth-order valence-corrected chi connectivity index (χ4v) is 6.36. The molecule has 1 aliphatic rings. The largest absolute Gasteiger partial charge is 0.416 e. The van der Waals surface area contributed by atoms with Crippen molar-refractivity contribution in [1.82, 2.24) is 4.31 Å². The van der Waals surface area contributed by atoms with Crippen molar-refractivity contribution in [3.8, 4) is 0 Å². The molecule has 2 aromatic carbocycles. The average Bonchev–Trinajstić information content (AvgIpc) is 3.13. The van der Waals surface area contributed by atoms with Gasteiger partial charge in [-0.05, 0) is 55.0 Å². The molecule has 1 atom stereocenters. The molecule has 0 aromatic heterocycles. The van der Waals surface area contributed by atoms with E-state index in [1.807, 2.05) is 0 Å². The number of rotatable bonds is 4. The summed E-state index contributed by atoms with van der Waals surface area (Å²) in [6.07, 6.45) is -4.49. The van der Waals surface area contributed by atoms with Crippen LogP contribution in [0.1, 0.15) is 12.0 Å². The van der Waals surface area contributed by atoms with E-state index in [2.05, 4.69) is 0 Å². The number of alkyl halides is 3. The number of halogens is 4. The molecule has 5 nitrogen and oxygen atoms in total. The third-order valence-corrected chi connectivity index (χ3v) is 8.83. The molecule has 0 radical (unpaired) electrons. The van der Waals surface area contributed by atoms with Gasteiger partial charge in [0.2, 0.25) is 10.0 Å². The van der Waals surface area contributed by atoms with Crippen LogP contribution in [-0.4, -0.2) is 39.5 Å². The normalized spacial score (nSPS) is 19.1. The van der Waals surface area contributed by atoms with Crippen molar-refractivity contribution in [3.05, 3.63) is 59.1 Å². The Bertz CT molecular complexity index is 1070. The SMILES string of the molecule is O=S(=O)(c1ccc(Cl)cc1)C1CCN(S(=O)(=O)c2ccc(C(F)(F)F)cc2)C1. The summed E-state index contributed by atoms with van der Waals surface area (Å²) >= 11 is 5.76. The molecule has 0 spiro atoms. The topological polar surface area (TPSA) is 71.5 Å². The first kappa shape index (κ1) is 21.1. The van der Waals surface area contributed by atoms with Crippen LogP contribution in [0, 0.1) is 0 Å². The molecule has 2 aromatic rings. The highest BCUT2D eigenvalue weighted by Gasteiger charge is 2.40. The molecule has 0 amide bonds. The Morgan fingerprint density at radius 3 is 1.96 bits per heavy atom. The van der Waals surface area contributed by atoms with Crippen molar-refractivity contribution >= 4 is 31.5 Å². The van der Waals surface area contributed by atoms with Crippen LogP contribution in [0.15, 0.2) is 58.3 Å². The van der Waals surface area contributed by atoms with Crippen LogP contribution < -0.4 is 0 Å². The molecule has 28 heavy (non-hydrogen) atoms. The molecule has 1 aliphatic heterocycles. The van der Waals surface area contributed by atoms with Gasteiger partial charge in [-0.2, -0.15) is 17.5 Å². The minimum atomic E-state index is -4.58. The van der Waals surface area contributed by atoms with Crippen LogP contribution in [0.4, 0.5) is 13.2 Å². The van der Waals surface area contributed by atoms with Crippen LogP contribution in [-0.2, 0) is 26.0 Å². The molecule has 1 unspecified atom stereocenters. The molecule has 0 bridgehead atoms. The van der Waals surface area contributed by atoms with Crippen LogP contribution >= 0.6 is 11.6 Å². The highest BCUT2D eigenvalue weighted by Crippen LogP contribution is 2.32. The van der Waals surface area contributed by atoms with Crippen LogP contribution in [0.5, 0.6) is 0 Å². The van der Waals surface area contributed by atoms with Crippen molar-refractivity contribution < 1.29 is 30.0 Å². The maximum absolute atomic E-state index is 12.7. The third kappa shape index (κ3) is 4.05. The lowest BCUT2D eigenvalue weighted by atomic mass is 10.2. The maximum Gasteiger partial charge on any atom is 0.416 e. The van der Waals surface area contributed by atoms with E-state index in [4.69, 9.17) is 11.6 Å². The van der Waals surface area contributed by atoms with Gasteiger partial charge in [-0.15, -0.1) is 0 Å². The molecule has 0 saturated carbocycles. The van der Waals surface area contributed by atoms with E-state index in [1.54, 1.807) is 0 Å². The Kier molecular flexibility index (Phi) is 5.52. The summed E-state index contributed by atoms with van der Waals surface area (Å²) in [4.78, 5) is -0.277. The van der Waals surface area contributed by atoms with E-state index in [0.717, 1.165) is 16.4 Å². The molecule has 1 heterocycles. The summed E-state index contributed by atoms with van der Waals surface area (Å²) in [6.45, 7) is -0.310. The fraction of sp³-hybridized carbons (Fsp3) is 0.294. The van der Waals surface area contributed by atoms with Gasteiger partial charge in [0, 0.05) is 18.1 Å². The average molecular weight is 454 g/mol. The lowest BCUT2D eigenvalue weighted by molar-refractivity contribution is -0.137. The summed E-state index contributed by atoms with van der Waals surface area (Å²) < 4.78 is 89.7. The van der Waals surface area contributed by atoms with Gasteiger partial charge < -0.3 is 0 Å². The van der Waals surface area contributed by atoms with Gasteiger partial charge in [0.15, 0.2) is 9.84 Å². The zero-order valence-corrected chi connectivity index (χ0v) is 16.6. The van der Waals surface area contributed by atoms with Gasteiger partial charge >= 0.3 is 6.18 Å². The molecular weight excluding hydrogens is 439 g/mol. The molecule has 0 aliphatic carbocycles. The summed E-state index contributed by atoms with van der Waals surface area (Å²) in [5, 5.41) is -0.574. The third-order valence-electron chi connectivity index (χ3n) is 4.51. The van der Waals surface area contributed by atoms with Gasteiger partial charge in [-0.1, -0.05) is 11.6 Å². The smallest absolute Gasteiger partial charge is 0.223 e. The zero-order chi connectivity index (χ0) is 20.7. The van der Waals surface area contributed by atoms with Crippen molar-refractivity contribution in [3.63, 3.8) is 0 Å². The molecular formula is C17H15ClF3NO4S2. The highest BCUT2D eigenvalue weighted by molar-refractivity contribution is 7.92. The number of hydrogen-bond donors (Lipinski definition) is 0. The minimum Gasteiger partial charge on any atom is -0.223 e. The molecule has 3 rings (SSSR count). The number of benzene rings is 2. The highest BCUT2D eigenvalue weighted by atomic mass is 35.5. The number of sulfone groups is 1. The lowest BCUT2D eigenvalue weighted by Crippen LogP contribution is -2.32. The first-order chi connectivity index (χ1) is 12.9. The van der Waals surface area contributed by atoms with Crippen LogP contribution in [0.2, 0.25) is 5.02 Å². The zero-order valence-electron chi connectivity index (χ0n) is 14.2.